The topological polar surface area (TPSA) is 81.0 Å². The highest BCUT2D eigenvalue weighted by molar-refractivity contribution is 5.60. The van der Waals surface area contributed by atoms with Gasteiger partial charge in [-0.1, -0.05) is 6.92 Å². The molecule has 0 amide bonds. The lowest BCUT2D eigenvalue weighted by molar-refractivity contribution is 0.317. The highest BCUT2D eigenvalue weighted by Crippen LogP contribution is 2.22. The Labute approximate surface area is 124 Å². The van der Waals surface area contributed by atoms with E-state index in [1.54, 1.807) is 19.9 Å². The van der Waals surface area contributed by atoms with Crippen LogP contribution in [0.5, 0.6) is 5.75 Å². The fraction of sp³-hybridized carbons (Fsp3) is 0.375. The highest BCUT2D eigenvalue weighted by Gasteiger charge is 2.19. The summed E-state index contributed by atoms with van der Waals surface area (Å²) in [5.41, 5.74) is 7.15. The summed E-state index contributed by atoms with van der Waals surface area (Å²) < 4.78 is 5.54. The number of nitrogens with one attached hydrogen (secondary N) is 1. The molecule has 21 heavy (non-hydrogen) atoms. The third-order valence-electron chi connectivity index (χ3n) is 3.12. The summed E-state index contributed by atoms with van der Waals surface area (Å²) in [6.45, 7) is 6.35. The lowest BCUT2D eigenvalue weighted by Crippen LogP contribution is -2.35. The van der Waals surface area contributed by atoms with Gasteiger partial charge in [-0.15, -0.1) is 0 Å². The number of nitrogens with two attached hydrogens (primary N) is 1. The number of H-pyrrole nitrogens is 1. The van der Waals surface area contributed by atoms with Crippen LogP contribution in [0.1, 0.15) is 32.8 Å². The van der Waals surface area contributed by atoms with Crippen molar-refractivity contribution in [2.45, 2.75) is 32.7 Å². The largest absolute Gasteiger partial charge is 0.494 e. The molecule has 0 aliphatic carbocycles. The molecule has 0 radical (unpaired) electrons. The Morgan fingerprint density at radius 3 is 2.52 bits per heavy atom. The van der Waals surface area contributed by atoms with Gasteiger partial charge in [-0.2, -0.15) is 5.10 Å². The van der Waals surface area contributed by atoms with Gasteiger partial charge < -0.3 is 10.5 Å². The second-order valence-corrected chi connectivity index (χ2v) is 5.59. The van der Waals surface area contributed by atoms with Crippen molar-refractivity contribution < 1.29 is 4.74 Å². The molecular formula is C16H21N3O2. The zero-order valence-corrected chi connectivity index (χ0v) is 12.6. The minimum absolute atomic E-state index is 0.255. The van der Waals surface area contributed by atoms with E-state index in [-0.39, 0.29) is 5.56 Å². The molecule has 0 saturated heterocycles. The van der Waals surface area contributed by atoms with Crippen LogP contribution in [0.2, 0.25) is 0 Å². The van der Waals surface area contributed by atoms with Gasteiger partial charge in [0.15, 0.2) is 0 Å². The fourth-order valence-electron chi connectivity index (χ4n) is 1.97. The normalized spacial score (nSPS) is 11.4. The maximum absolute atomic E-state index is 11.8. The lowest BCUT2D eigenvalue weighted by atomic mass is 9.96. The number of aromatic nitrogens is 2. The van der Waals surface area contributed by atoms with Gasteiger partial charge in [0.25, 0.3) is 5.56 Å². The first-order chi connectivity index (χ1) is 9.91. The second kappa shape index (κ2) is 6.10. The summed E-state index contributed by atoms with van der Waals surface area (Å²) in [6, 6.07) is 9.36. The molecule has 1 aromatic carbocycles. The third kappa shape index (κ3) is 3.70. The Kier molecular flexibility index (Phi) is 4.43. The number of aromatic amines is 1. The predicted molar refractivity (Wildman–Crippen MR) is 83.3 cm³/mol. The van der Waals surface area contributed by atoms with Crippen LogP contribution in [0.25, 0.3) is 11.3 Å². The summed E-state index contributed by atoms with van der Waals surface area (Å²) >= 11 is 0. The number of hydrogen-bond donors (Lipinski definition) is 2. The molecule has 1 heterocycles. The second-order valence-electron chi connectivity index (χ2n) is 5.59. The van der Waals surface area contributed by atoms with Crippen LogP contribution in [0.3, 0.4) is 0 Å². The van der Waals surface area contributed by atoms with Crippen LogP contribution >= 0.6 is 0 Å². The summed E-state index contributed by atoms with van der Waals surface area (Å²) in [6.07, 6.45) is 0.970. The van der Waals surface area contributed by atoms with Crippen molar-refractivity contribution in [2.24, 2.45) is 5.73 Å². The van der Waals surface area contributed by atoms with Gasteiger partial charge in [0.05, 0.1) is 12.3 Å². The van der Waals surface area contributed by atoms with Crippen LogP contribution in [-0.4, -0.2) is 16.8 Å². The molecule has 0 aliphatic heterocycles. The number of nitrogens with zero attached hydrogens (tertiary/aromatic N) is 1. The van der Waals surface area contributed by atoms with Crippen molar-refractivity contribution in [2.75, 3.05) is 6.61 Å². The van der Waals surface area contributed by atoms with Crippen molar-refractivity contribution in [1.82, 2.24) is 10.2 Å². The predicted octanol–water partition coefficient (Wildman–Crippen LogP) is 2.42. The van der Waals surface area contributed by atoms with Crippen LogP contribution in [-0.2, 0) is 5.54 Å². The van der Waals surface area contributed by atoms with Crippen molar-refractivity contribution in [3.8, 4) is 17.0 Å². The maximum Gasteiger partial charge on any atom is 0.269 e. The smallest absolute Gasteiger partial charge is 0.269 e. The number of benzene rings is 1. The van der Waals surface area contributed by atoms with E-state index < -0.39 is 5.54 Å². The van der Waals surface area contributed by atoms with Gasteiger partial charge in [-0.05, 0) is 50.6 Å². The SMILES string of the molecule is CCCOc1ccc(-c2cc(C(C)(C)N)c(=O)[nH]n2)cc1. The molecule has 5 nitrogen and oxygen atoms in total. The lowest BCUT2D eigenvalue weighted by Gasteiger charge is -2.18. The van der Waals surface area contributed by atoms with Gasteiger partial charge in [-0.3, -0.25) is 4.79 Å². The highest BCUT2D eigenvalue weighted by atomic mass is 16.5. The molecule has 112 valence electrons. The first-order valence-electron chi connectivity index (χ1n) is 7.04. The molecule has 0 unspecified atom stereocenters. The number of rotatable bonds is 5. The first kappa shape index (κ1) is 15.3. The van der Waals surface area contributed by atoms with E-state index in [1.165, 1.54) is 0 Å². The van der Waals surface area contributed by atoms with Crippen LogP contribution < -0.4 is 16.0 Å². The average Bonchev–Trinajstić information content (AvgIpc) is 2.45. The summed E-state index contributed by atoms with van der Waals surface area (Å²) in [5, 5.41) is 6.59. The van der Waals surface area contributed by atoms with Gasteiger partial charge in [0.2, 0.25) is 0 Å². The van der Waals surface area contributed by atoms with Gasteiger partial charge >= 0.3 is 0 Å². The molecule has 2 aromatic rings. The number of ether oxygens (including phenoxy) is 1. The molecule has 2 rings (SSSR count). The Morgan fingerprint density at radius 2 is 1.95 bits per heavy atom. The molecule has 3 N–H and O–H groups in total. The average molecular weight is 287 g/mol. The quantitative estimate of drug-likeness (QED) is 0.885. The van der Waals surface area contributed by atoms with Crippen molar-refractivity contribution in [3.05, 3.63) is 46.2 Å². The Bertz CT molecular complexity index is 654. The minimum atomic E-state index is -0.713. The molecule has 0 fully saturated rings. The van der Waals surface area contributed by atoms with Gasteiger partial charge in [0.1, 0.15) is 5.75 Å². The minimum Gasteiger partial charge on any atom is -0.494 e. The molecule has 0 saturated carbocycles. The maximum atomic E-state index is 11.8. The standard InChI is InChI=1S/C16H21N3O2/c1-4-9-21-12-7-5-11(6-8-12)14-10-13(16(2,3)17)15(20)19-18-14/h5-8,10H,4,9,17H2,1-3H3,(H,19,20). The van der Waals surface area contributed by atoms with Crippen LogP contribution in [0.4, 0.5) is 0 Å². The van der Waals surface area contributed by atoms with E-state index in [1.807, 2.05) is 24.3 Å². The first-order valence-corrected chi connectivity index (χ1v) is 7.04. The third-order valence-corrected chi connectivity index (χ3v) is 3.12. The van der Waals surface area contributed by atoms with Crippen LogP contribution in [0.15, 0.2) is 35.1 Å². The van der Waals surface area contributed by atoms with Crippen molar-refractivity contribution in [3.63, 3.8) is 0 Å². The number of hydrogen-bond acceptors (Lipinski definition) is 4. The Morgan fingerprint density at radius 1 is 1.29 bits per heavy atom. The molecule has 0 aliphatic rings. The molecule has 0 spiro atoms. The van der Waals surface area contributed by atoms with E-state index in [9.17, 15) is 4.79 Å². The van der Waals surface area contributed by atoms with E-state index in [0.29, 0.717) is 17.9 Å². The van der Waals surface area contributed by atoms with Gasteiger partial charge in [0, 0.05) is 16.7 Å². The molecular weight excluding hydrogens is 266 g/mol. The zero-order valence-electron chi connectivity index (χ0n) is 12.6. The van der Waals surface area contributed by atoms with Crippen molar-refractivity contribution in [1.29, 1.82) is 0 Å². The van der Waals surface area contributed by atoms with Crippen molar-refractivity contribution >= 4 is 0 Å². The van der Waals surface area contributed by atoms with E-state index >= 15 is 0 Å². The van der Waals surface area contributed by atoms with Gasteiger partial charge in [-0.25, -0.2) is 5.10 Å². The molecule has 0 bridgehead atoms. The van der Waals surface area contributed by atoms with E-state index in [2.05, 4.69) is 17.1 Å². The molecule has 5 heteroatoms. The Hall–Kier alpha value is -2.14. The molecule has 0 atom stereocenters. The fourth-order valence-corrected chi connectivity index (χ4v) is 1.97. The summed E-state index contributed by atoms with van der Waals surface area (Å²) in [4.78, 5) is 11.8. The van der Waals surface area contributed by atoms with E-state index in [0.717, 1.165) is 17.7 Å². The van der Waals surface area contributed by atoms with Crippen LogP contribution in [0, 0.1) is 0 Å². The van der Waals surface area contributed by atoms with E-state index in [4.69, 9.17) is 10.5 Å². The summed E-state index contributed by atoms with van der Waals surface area (Å²) in [5.74, 6) is 0.824. The summed E-state index contributed by atoms with van der Waals surface area (Å²) in [7, 11) is 0. The zero-order chi connectivity index (χ0) is 15.5. The monoisotopic (exact) mass is 287 g/mol. The Balaban J connectivity index is 2.32. The molecule has 1 aromatic heterocycles.